The standard InChI is InChI=1S/C29H32BrN3O7S/c1-29(2,28-31-27(40-32-28)19-7-11-22(30)12-8-19)41(34,35)33(17-20-9-13-23(36-3)15-25(20)38-5)18-21-10-14-24(37-4)16-26(21)39-6/h7-16H,17-18H2,1-6H3. The highest BCUT2D eigenvalue weighted by atomic mass is 79.9. The zero-order chi connectivity index (χ0) is 29.8. The maximum absolute atomic E-state index is 14.5. The summed E-state index contributed by atoms with van der Waals surface area (Å²) in [4.78, 5) is 4.48. The third-order valence-electron chi connectivity index (χ3n) is 6.72. The second-order valence-corrected chi connectivity index (χ2v) is 13.0. The summed E-state index contributed by atoms with van der Waals surface area (Å²) in [7, 11) is 2.01. The van der Waals surface area contributed by atoms with Crippen molar-refractivity contribution in [2.24, 2.45) is 0 Å². The van der Waals surface area contributed by atoms with Crippen molar-refractivity contribution in [2.75, 3.05) is 28.4 Å². The molecule has 0 spiro atoms. The van der Waals surface area contributed by atoms with E-state index in [-0.39, 0.29) is 24.8 Å². The summed E-state index contributed by atoms with van der Waals surface area (Å²) in [5, 5.41) is 4.08. The summed E-state index contributed by atoms with van der Waals surface area (Å²) in [6.45, 7) is 3.10. The molecule has 0 unspecified atom stereocenters. The van der Waals surface area contributed by atoms with Crippen molar-refractivity contribution < 1.29 is 31.9 Å². The number of sulfonamides is 1. The van der Waals surface area contributed by atoms with E-state index in [4.69, 9.17) is 23.5 Å². The average Bonchev–Trinajstić information content (AvgIpc) is 3.48. The van der Waals surface area contributed by atoms with Gasteiger partial charge in [0.2, 0.25) is 10.0 Å². The Balaban J connectivity index is 1.77. The summed E-state index contributed by atoms with van der Waals surface area (Å²) < 4.78 is 56.9. The van der Waals surface area contributed by atoms with Gasteiger partial charge in [0.15, 0.2) is 5.82 Å². The molecule has 1 heterocycles. The van der Waals surface area contributed by atoms with E-state index in [1.807, 2.05) is 12.1 Å². The fourth-order valence-electron chi connectivity index (χ4n) is 4.19. The number of nitrogens with zero attached hydrogens (tertiary/aromatic N) is 3. The van der Waals surface area contributed by atoms with Crippen LogP contribution in [0.25, 0.3) is 11.5 Å². The summed E-state index contributed by atoms with van der Waals surface area (Å²) in [5.74, 6) is 2.40. The molecule has 0 radical (unpaired) electrons. The highest BCUT2D eigenvalue weighted by Gasteiger charge is 2.45. The van der Waals surface area contributed by atoms with Crippen LogP contribution in [0.4, 0.5) is 0 Å². The molecule has 3 aromatic carbocycles. The Hall–Kier alpha value is -3.61. The normalized spacial score (nSPS) is 11.9. The van der Waals surface area contributed by atoms with Gasteiger partial charge in [-0.25, -0.2) is 8.42 Å². The van der Waals surface area contributed by atoms with Gasteiger partial charge in [-0.1, -0.05) is 33.2 Å². The SMILES string of the molecule is COc1ccc(CN(Cc2ccc(OC)cc2OC)S(=O)(=O)C(C)(C)c2noc(-c3ccc(Br)cc3)n2)c(OC)c1. The van der Waals surface area contributed by atoms with Crippen LogP contribution in [0, 0.1) is 0 Å². The van der Waals surface area contributed by atoms with Gasteiger partial charge in [0.25, 0.3) is 5.89 Å². The molecule has 218 valence electrons. The highest BCUT2D eigenvalue weighted by Crippen LogP contribution is 2.37. The maximum atomic E-state index is 14.5. The summed E-state index contributed by atoms with van der Waals surface area (Å²) >= 11 is 3.40. The van der Waals surface area contributed by atoms with Crippen LogP contribution in [0.1, 0.15) is 30.8 Å². The van der Waals surface area contributed by atoms with Crippen LogP contribution in [-0.2, 0) is 27.9 Å². The lowest BCUT2D eigenvalue weighted by atomic mass is 10.1. The van der Waals surface area contributed by atoms with E-state index < -0.39 is 14.8 Å². The van der Waals surface area contributed by atoms with Gasteiger partial charge in [0.05, 0.1) is 28.4 Å². The van der Waals surface area contributed by atoms with Gasteiger partial charge in [-0.15, -0.1) is 0 Å². The fourth-order valence-corrected chi connectivity index (χ4v) is 6.03. The Morgan fingerprint density at radius 1 is 0.805 bits per heavy atom. The largest absolute Gasteiger partial charge is 0.497 e. The molecule has 41 heavy (non-hydrogen) atoms. The Bertz CT molecular complexity index is 1550. The first-order valence-electron chi connectivity index (χ1n) is 12.6. The molecule has 10 nitrogen and oxygen atoms in total. The quantitative estimate of drug-likeness (QED) is 0.189. The lowest BCUT2D eigenvalue weighted by Gasteiger charge is -2.31. The number of hydrogen-bond donors (Lipinski definition) is 0. The predicted molar refractivity (Wildman–Crippen MR) is 158 cm³/mol. The molecule has 12 heteroatoms. The lowest BCUT2D eigenvalue weighted by Crippen LogP contribution is -2.43. The molecule has 0 atom stereocenters. The van der Waals surface area contributed by atoms with Gasteiger partial charge in [0.1, 0.15) is 27.7 Å². The van der Waals surface area contributed by atoms with E-state index in [1.165, 1.54) is 18.5 Å². The summed E-state index contributed by atoms with van der Waals surface area (Å²) in [5.41, 5.74) is 1.95. The van der Waals surface area contributed by atoms with Gasteiger partial charge in [-0.3, -0.25) is 0 Å². The number of rotatable bonds is 12. The molecule has 0 bridgehead atoms. The zero-order valence-electron chi connectivity index (χ0n) is 23.7. The van der Waals surface area contributed by atoms with Crippen molar-refractivity contribution in [1.82, 2.24) is 14.4 Å². The first-order chi connectivity index (χ1) is 19.5. The molecular weight excluding hydrogens is 614 g/mol. The van der Waals surface area contributed by atoms with Gasteiger partial charge < -0.3 is 23.5 Å². The van der Waals surface area contributed by atoms with E-state index in [0.717, 1.165) is 4.47 Å². The molecule has 0 saturated carbocycles. The van der Waals surface area contributed by atoms with Crippen LogP contribution in [0.15, 0.2) is 69.7 Å². The monoisotopic (exact) mass is 645 g/mol. The number of hydrogen-bond acceptors (Lipinski definition) is 9. The minimum atomic E-state index is -4.14. The molecule has 0 fully saturated rings. The molecule has 4 rings (SSSR count). The third kappa shape index (κ3) is 6.34. The minimum absolute atomic E-state index is 0.00840. The van der Waals surface area contributed by atoms with E-state index in [1.54, 1.807) is 76.6 Å². The van der Waals surface area contributed by atoms with Crippen molar-refractivity contribution in [3.05, 3.63) is 82.1 Å². The number of halogens is 1. The third-order valence-corrected chi connectivity index (χ3v) is 9.66. The van der Waals surface area contributed by atoms with E-state index in [2.05, 4.69) is 26.1 Å². The average molecular weight is 647 g/mol. The molecule has 0 aliphatic carbocycles. The Labute approximate surface area is 248 Å². The van der Waals surface area contributed by atoms with Crippen molar-refractivity contribution in [3.8, 4) is 34.5 Å². The summed E-state index contributed by atoms with van der Waals surface area (Å²) in [6.07, 6.45) is 0. The molecule has 4 aromatic rings. The molecule has 0 aliphatic rings. The maximum Gasteiger partial charge on any atom is 0.257 e. The fraction of sp³-hybridized carbons (Fsp3) is 0.310. The van der Waals surface area contributed by atoms with Crippen LogP contribution < -0.4 is 18.9 Å². The highest BCUT2D eigenvalue weighted by molar-refractivity contribution is 9.10. The molecule has 0 saturated heterocycles. The second kappa shape index (κ2) is 12.5. The van der Waals surface area contributed by atoms with Crippen molar-refractivity contribution in [2.45, 2.75) is 31.7 Å². The van der Waals surface area contributed by atoms with Crippen LogP contribution in [-0.4, -0.2) is 51.3 Å². The predicted octanol–water partition coefficient (Wildman–Crippen LogP) is 5.80. The Kier molecular flexibility index (Phi) is 9.25. The lowest BCUT2D eigenvalue weighted by molar-refractivity contribution is 0.346. The minimum Gasteiger partial charge on any atom is -0.497 e. The summed E-state index contributed by atoms with van der Waals surface area (Å²) in [6, 6.07) is 17.8. The van der Waals surface area contributed by atoms with E-state index >= 15 is 0 Å². The van der Waals surface area contributed by atoms with E-state index in [0.29, 0.717) is 39.7 Å². The number of methoxy groups -OCH3 is 4. The van der Waals surface area contributed by atoms with Crippen LogP contribution >= 0.6 is 15.9 Å². The van der Waals surface area contributed by atoms with Crippen molar-refractivity contribution >= 4 is 26.0 Å². The molecular formula is C29H32BrN3O7S. The van der Waals surface area contributed by atoms with Crippen molar-refractivity contribution in [1.29, 1.82) is 0 Å². The Morgan fingerprint density at radius 2 is 1.32 bits per heavy atom. The van der Waals surface area contributed by atoms with Gasteiger partial charge >= 0.3 is 0 Å². The number of benzene rings is 3. The first kappa shape index (κ1) is 30.4. The zero-order valence-corrected chi connectivity index (χ0v) is 26.1. The number of aromatic nitrogens is 2. The smallest absolute Gasteiger partial charge is 0.257 e. The van der Waals surface area contributed by atoms with Gasteiger partial charge in [0, 0.05) is 46.4 Å². The molecule has 0 amide bonds. The molecule has 0 aliphatic heterocycles. The van der Waals surface area contributed by atoms with Gasteiger partial charge in [-0.05, 0) is 50.2 Å². The van der Waals surface area contributed by atoms with Gasteiger partial charge in [-0.2, -0.15) is 9.29 Å². The number of ether oxygens (including phenoxy) is 4. The van der Waals surface area contributed by atoms with Crippen LogP contribution in [0.2, 0.25) is 0 Å². The van der Waals surface area contributed by atoms with Crippen LogP contribution in [0.5, 0.6) is 23.0 Å². The first-order valence-corrected chi connectivity index (χ1v) is 14.8. The van der Waals surface area contributed by atoms with Crippen LogP contribution in [0.3, 0.4) is 0 Å². The van der Waals surface area contributed by atoms with E-state index in [9.17, 15) is 8.42 Å². The van der Waals surface area contributed by atoms with Crippen molar-refractivity contribution in [3.63, 3.8) is 0 Å². The topological polar surface area (TPSA) is 113 Å². The molecule has 1 aromatic heterocycles. The second-order valence-electron chi connectivity index (χ2n) is 9.57. The Morgan fingerprint density at radius 3 is 1.78 bits per heavy atom. The molecule has 0 N–H and O–H groups in total.